The first-order valence-corrected chi connectivity index (χ1v) is 9.40. The van der Waals surface area contributed by atoms with Crippen LogP contribution in [0.3, 0.4) is 0 Å². The summed E-state index contributed by atoms with van der Waals surface area (Å²) < 4.78 is 0. The number of carbonyl (C=O) groups excluding carboxylic acids is 1. The second-order valence-electron chi connectivity index (χ2n) is 7.14. The number of aromatic nitrogens is 1. The Balaban J connectivity index is 1.37. The second kappa shape index (κ2) is 8.97. The van der Waals surface area contributed by atoms with Crippen LogP contribution in [0.25, 0.3) is 0 Å². The van der Waals surface area contributed by atoms with Gasteiger partial charge in [-0.2, -0.15) is 0 Å². The minimum atomic E-state index is 0.0868. The lowest BCUT2D eigenvalue weighted by Gasteiger charge is -2.31. The highest BCUT2D eigenvalue weighted by Crippen LogP contribution is 2.24. The molecule has 2 heterocycles. The monoisotopic (exact) mass is 327 g/mol. The molecule has 2 aliphatic rings. The fourth-order valence-electron chi connectivity index (χ4n) is 3.76. The molecule has 0 radical (unpaired) electrons. The van der Waals surface area contributed by atoms with Gasteiger partial charge >= 0.3 is 0 Å². The van der Waals surface area contributed by atoms with E-state index >= 15 is 0 Å². The average molecular weight is 327 g/mol. The van der Waals surface area contributed by atoms with Gasteiger partial charge in [-0.1, -0.05) is 31.4 Å². The van der Waals surface area contributed by atoms with Crippen LogP contribution in [0.4, 0.5) is 0 Å². The Morgan fingerprint density at radius 3 is 2.67 bits per heavy atom. The molecule has 1 aromatic rings. The van der Waals surface area contributed by atoms with E-state index in [2.05, 4.69) is 27.3 Å². The standard InChI is InChI=1S/C20H29N3O/c24-20(10-9-17-6-2-1-3-7-17)22-18-11-14-23(15-12-18)16-19-8-4-5-13-21-19/h4-5,8-10,13,17-18H,1-3,6-7,11-12,14-16H2,(H,22,24)/b10-9-. The van der Waals surface area contributed by atoms with E-state index in [-0.39, 0.29) is 5.91 Å². The van der Waals surface area contributed by atoms with E-state index in [1.807, 2.05) is 18.3 Å². The molecule has 4 nitrogen and oxygen atoms in total. The predicted molar refractivity (Wildman–Crippen MR) is 96.4 cm³/mol. The SMILES string of the molecule is O=C(/C=C\C1CCCCC1)NC1CCN(Cc2ccccn2)CC1. The van der Waals surface area contributed by atoms with Gasteiger partial charge in [0.15, 0.2) is 0 Å². The number of hydrogen-bond acceptors (Lipinski definition) is 3. The summed E-state index contributed by atoms with van der Waals surface area (Å²) in [6.07, 6.45) is 14.3. The van der Waals surface area contributed by atoms with E-state index in [0.29, 0.717) is 12.0 Å². The van der Waals surface area contributed by atoms with Gasteiger partial charge in [0, 0.05) is 31.9 Å². The third-order valence-electron chi connectivity index (χ3n) is 5.22. The number of amides is 1. The second-order valence-corrected chi connectivity index (χ2v) is 7.14. The minimum Gasteiger partial charge on any atom is -0.350 e. The van der Waals surface area contributed by atoms with Gasteiger partial charge in [-0.25, -0.2) is 0 Å². The Bertz CT molecular complexity index is 529. The largest absolute Gasteiger partial charge is 0.350 e. The van der Waals surface area contributed by atoms with E-state index in [0.717, 1.165) is 38.2 Å². The summed E-state index contributed by atoms with van der Waals surface area (Å²) in [5.74, 6) is 0.702. The molecular weight excluding hydrogens is 298 g/mol. The molecule has 1 aromatic heterocycles. The first-order valence-electron chi connectivity index (χ1n) is 9.40. The van der Waals surface area contributed by atoms with Gasteiger partial charge in [-0.15, -0.1) is 0 Å². The van der Waals surface area contributed by atoms with Gasteiger partial charge < -0.3 is 5.32 Å². The van der Waals surface area contributed by atoms with Crippen molar-refractivity contribution in [3.8, 4) is 0 Å². The molecule has 130 valence electrons. The number of hydrogen-bond donors (Lipinski definition) is 1. The Morgan fingerprint density at radius 2 is 1.96 bits per heavy atom. The molecule has 0 bridgehead atoms. The van der Waals surface area contributed by atoms with Gasteiger partial charge in [0.2, 0.25) is 5.91 Å². The van der Waals surface area contributed by atoms with Crippen molar-refractivity contribution < 1.29 is 4.79 Å². The molecule has 0 aromatic carbocycles. The summed E-state index contributed by atoms with van der Waals surface area (Å²) in [6, 6.07) is 6.37. The van der Waals surface area contributed by atoms with Crippen molar-refractivity contribution in [2.45, 2.75) is 57.5 Å². The maximum absolute atomic E-state index is 12.1. The molecule has 0 spiro atoms. The normalized spacial score (nSPS) is 21.2. The lowest BCUT2D eigenvalue weighted by Crippen LogP contribution is -2.44. The third-order valence-corrected chi connectivity index (χ3v) is 5.22. The van der Waals surface area contributed by atoms with Gasteiger partial charge in [-0.05, 0) is 49.8 Å². The van der Waals surface area contributed by atoms with Gasteiger partial charge in [0.25, 0.3) is 0 Å². The van der Waals surface area contributed by atoms with E-state index in [1.165, 1.54) is 32.1 Å². The van der Waals surface area contributed by atoms with E-state index < -0.39 is 0 Å². The Hall–Kier alpha value is -1.68. The number of piperidine rings is 1. The maximum Gasteiger partial charge on any atom is 0.243 e. The number of likely N-dealkylation sites (tertiary alicyclic amines) is 1. The lowest BCUT2D eigenvalue weighted by atomic mass is 9.89. The van der Waals surface area contributed by atoms with Crippen molar-refractivity contribution >= 4 is 5.91 Å². The number of carbonyl (C=O) groups is 1. The summed E-state index contributed by atoms with van der Waals surface area (Å²) in [5, 5.41) is 3.17. The van der Waals surface area contributed by atoms with Crippen LogP contribution in [-0.4, -0.2) is 34.9 Å². The highest BCUT2D eigenvalue weighted by atomic mass is 16.1. The number of allylic oxidation sites excluding steroid dienone is 1. The van der Waals surface area contributed by atoms with Gasteiger partial charge in [0.05, 0.1) is 5.69 Å². The van der Waals surface area contributed by atoms with Crippen LogP contribution in [0.1, 0.15) is 50.6 Å². The lowest BCUT2D eigenvalue weighted by molar-refractivity contribution is -0.117. The van der Waals surface area contributed by atoms with Gasteiger partial charge in [-0.3, -0.25) is 14.7 Å². The molecule has 1 saturated carbocycles. The van der Waals surface area contributed by atoms with Crippen molar-refractivity contribution in [3.63, 3.8) is 0 Å². The average Bonchev–Trinajstić information content (AvgIpc) is 2.63. The maximum atomic E-state index is 12.1. The summed E-state index contributed by atoms with van der Waals surface area (Å²) >= 11 is 0. The molecular formula is C20H29N3O. The molecule has 1 aliphatic heterocycles. The van der Waals surface area contributed by atoms with Crippen molar-refractivity contribution in [2.24, 2.45) is 5.92 Å². The molecule has 0 unspecified atom stereocenters. The van der Waals surface area contributed by atoms with Crippen LogP contribution in [0.2, 0.25) is 0 Å². The highest BCUT2D eigenvalue weighted by Gasteiger charge is 2.20. The number of nitrogens with one attached hydrogen (secondary N) is 1. The zero-order valence-corrected chi connectivity index (χ0v) is 14.5. The Labute approximate surface area is 145 Å². The van der Waals surface area contributed by atoms with Gasteiger partial charge in [0.1, 0.15) is 0 Å². The molecule has 3 rings (SSSR count). The Kier molecular flexibility index (Phi) is 6.41. The molecule has 1 N–H and O–H groups in total. The quantitative estimate of drug-likeness (QED) is 0.844. The topological polar surface area (TPSA) is 45.2 Å². The number of rotatable bonds is 5. The summed E-state index contributed by atoms with van der Waals surface area (Å²) in [6.45, 7) is 2.95. The van der Waals surface area contributed by atoms with E-state index in [9.17, 15) is 4.79 Å². The summed E-state index contributed by atoms with van der Waals surface area (Å²) in [4.78, 5) is 18.9. The molecule has 1 saturated heterocycles. The van der Waals surface area contributed by atoms with Crippen molar-refractivity contribution in [3.05, 3.63) is 42.2 Å². The first-order chi connectivity index (χ1) is 11.8. The number of nitrogens with zero attached hydrogens (tertiary/aromatic N) is 2. The van der Waals surface area contributed by atoms with Crippen molar-refractivity contribution in [1.82, 2.24) is 15.2 Å². The summed E-state index contributed by atoms with van der Waals surface area (Å²) in [7, 11) is 0. The number of pyridine rings is 1. The van der Waals surface area contributed by atoms with Crippen LogP contribution in [0.5, 0.6) is 0 Å². The zero-order valence-electron chi connectivity index (χ0n) is 14.5. The fourth-order valence-corrected chi connectivity index (χ4v) is 3.76. The fraction of sp³-hybridized carbons (Fsp3) is 0.600. The molecule has 2 fully saturated rings. The highest BCUT2D eigenvalue weighted by molar-refractivity contribution is 5.87. The van der Waals surface area contributed by atoms with Crippen LogP contribution >= 0.6 is 0 Å². The van der Waals surface area contributed by atoms with Crippen molar-refractivity contribution in [2.75, 3.05) is 13.1 Å². The molecule has 1 aliphatic carbocycles. The van der Waals surface area contributed by atoms with Crippen LogP contribution in [0, 0.1) is 5.92 Å². The molecule has 24 heavy (non-hydrogen) atoms. The zero-order chi connectivity index (χ0) is 16.6. The molecule has 1 amide bonds. The third kappa shape index (κ3) is 5.45. The van der Waals surface area contributed by atoms with E-state index in [1.54, 1.807) is 6.08 Å². The van der Waals surface area contributed by atoms with Crippen molar-refractivity contribution in [1.29, 1.82) is 0 Å². The Morgan fingerprint density at radius 1 is 1.17 bits per heavy atom. The van der Waals surface area contributed by atoms with Crippen LogP contribution in [0.15, 0.2) is 36.5 Å². The van der Waals surface area contributed by atoms with Crippen LogP contribution in [-0.2, 0) is 11.3 Å². The molecule has 4 heteroatoms. The van der Waals surface area contributed by atoms with E-state index in [4.69, 9.17) is 0 Å². The first kappa shape index (κ1) is 17.2. The minimum absolute atomic E-state index is 0.0868. The predicted octanol–water partition coefficient (Wildman–Crippen LogP) is 3.30. The summed E-state index contributed by atoms with van der Waals surface area (Å²) in [5.41, 5.74) is 1.12. The smallest absolute Gasteiger partial charge is 0.243 e. The van der Waals surface area contributed by atoms with Crippen LogP contribution < -0.4 is 5.32 Å². The molecule has 0 atom stereocenters.